The Morgan fingerprint density at radius 2 is 1.90 bits per heavy atom. The first-order valence-corrected chi connectivity index (χ1v) is 10.7. The lowest BCUT2D eigenvalue weighted by Gasteiger charge is -2.12. The summed E-state index contributed by atoms with van der Waals surface area (Å²) in [6, 6.07) is 16.8. The second-order valence-corrected chi connectivity index (χ2v) is 7.82. The number of benzene rings is 2. The Bertz CT molecular complexity index is 1040. The van der Waals surface area contributed by atoms with Gasteiger partial charge in [-0.2, -0.15) is 5.10 Å². The first-order chi connectivity index (χ1) is 14.5. The van der Waals surface area contributed by atoms with Crippen LogP contribution in [0.2, 0.25) is 0 Å². The predicted octanol–water partition coefficient (Wildman–Crippen LogP) is 4.72. The molecular weight excluding hydrogens is 442 g/mol. The van der Waals surface area contributed by atoms with Crippen LogP contribution in [0.4, 0.5) is 5.69 Å². The lowest BCUT2D eigenvalue weighted by Crippen LogP contribution is -2.36. The molecule has 0 aliphatic rings. The Morgan fingerprint density at radius 3 is 2.57 bits per heavy atom. The molecule has 0 spiro atoms. The molecule has 3 aromatic rings. The molecule has 2 N–H and O–H groups in total. The van der Waals surface area contributed by atoms with Crippen molar-refractivity contribution in [2.75, 3.05) is 11.9 Å². The molecule has 0 atom stereocenters. The van der Waals surface area contributed by atoms with Gasteiger partial charge in [-0.1, -0.05) is 40.2 Å². The van der Waals surface area contributed by atoms with Gasteiger partial charge < -0.3 is 5.32 Å². The van der Waals surface area contributed by atoms with Crippen LogP contribution in [0.3, 0.4) is 0 Å². The van der Waals surface area contributed by atoms with Gasteiger partial charge in [-0.3, -0.25) is 19.8 Å². The number of hydrogen-bond donors (Lipinski definition) is 2. The first kappa shape index (κ1) is 21.8. The Labute approximate surface area is 185 Å². The number of aliphatic imine (C=N–C) groups is 1. The highest BCUT2D eigenvalue weighted by Crippen LogP contribution is 2.16. The number of carbonyl (C=O) groups excluding carboxylic acids is 1. The Kier molecular flexibility index (Phi) is 7.41. The van der Waals surface area contributed by atoms with E-state index in [9.17, 15) is 4.79 Å². The fraction of sp³-hybridized carbons (Fsp3) is 0.261. The molecule has 0 bridgehead atoms. The molecule has 0 fully saturated rings. The fourth-order valence-corrected chi connectivity index (χ4v) is 3.66. The maximum Gasteiger partial charge on any atom is 0.257 e. The maximum atomic E-state index is 12.6. The smallest absolute Gasteiger partial charge is 0.257 e. The third kappa shape index (κ3) is 5.57. The lowest BCUT2D eigenvalue weighted by molar-refractivity contribution is 0.0977. The van der Waals surface area contributed by atoms with Gasteiger partial charge in [0.15, 0.2) is 0 Å². The van der Waals surface area contributed by atoms with Crippen LogP contribution in [-0.4, -0.2) is 28.2 Å². The zero-order chi connectivity index (χ0) is 21.5. The second-order valence-electron chi connectivity index (χ2n) is 6.90. The van der Waals surface area contributed by atoms with Gasteiger partial charge in [0.2, 0.25) is 5.96 Å². The van der Waals surface area contributed by atoms with Crippen LogP contribution in [0, 0.1) is 13.8 Å². The van der Waals surface area contributed by atoms with Crippen molar-refractivity contribution in [1.82, 2.24) is 15.1 Å². The molecule has 1 amide bonds. The van der Waals surface area contributed by atoms with Crippen molar-refractivity contribution in [1.29, 1.82) is 0 Å². The summed E-state index contributed by atoms with van der Waals surface area (Å²) in [5, 5.41) is 10.7. The summed E-state index contributed by atoms with van der Waals surface area (Å²) in [6.07, 6.45) is 0.753. The van der Waals surface area contributed by atoms with Crippen molar-refractivity contribution >= 4 is 33.5 Å². The van der Waals surface area contributed by atoms with Crippen LogP contribution in [-0.2, 0) is 13.0 Å². The predicted molar refractivity (Wildman–Crippen MR) is 125 cm³/mol. The Hall–Kier alpha value is -2.93. The van der Waals surface area contributed by atoms with Crippen molar-refractivity contribution in [3.8, 4) is 0 Å². The van der Waals surface area contributed by atoms with E-state index in [1.165, 1.54) is 11.3 Å². The van der Waals surface area contributed by atoms with Crippen molar-refractivity contribution < 1.29 is 4.79 Å². The van der Waals surface area contributed by atoms with Crippen molar-refractivity contribution in [2.45, 2.75) is 33.7 Å². The molecule has 7 heteroatoms. The average Bonchev–Trinajstić information content (AvgIpc) is 3.02. The molecule has 3 rings (SSSR count). The maximum absolute atomic E-state index is 12.6. The third-order valence-corrected chi connectivity index (χ3v) is 5.31. The van der Waals surface area contributed by atoms with E-state index in [1.807, 2.05) is 54.1 Å². The molecule has 30 heavy (non-hydrogen) atoms. The summed E-state index contributed by atoms with van der Waals surface area (Å²) in [5.74, 6) is 0.211. The SMILES string of the molecule is CCn1nc(C)c(CCN=C(NC(=O)c2ccccc2)Nc2cccc(Br)c2)c1C. The number of aryl methyl sites for hydroxylation is 2. The number of anilines is 1. The third-order valence-electron chi connectivity index (χ3n) is 4.82. The molecule has 0 radical (unpaired) electrons. The number of aromatic nitrogens is 2. The van der Waals surface area contributed by atoms with E-state index in [0.29, 0.717) is 18.1 Å². The van der Waals surface area contributed by atoms with Gasteiger partial charge in [-0.25, -0.2) is 0 Å². The summed E-state index contributed by atoms with van der Waals surface area (Å²) in [4.78, 5) is 17.3. The minimum atomic E-state index is -0.206. The lowest BCUT2D eigenvalue weighted by atomic mass is 10.1. The largest absolute Gasteiger partial charge is 0.326 e. The molecule has 1 heterocycles. The van der Waals surface area contributed by atoms with Gasteiger partial charge in [-0.05, 0) is 63.1 Å². The summed E-state index contributed by atoms with van der Waals surface area (Å²) in [6.45, 7) is 7.57. The minimum absolute atomic E-state index is 0.206. The molecule has 156 valence electrons. The quantitative estimate of drug-likeness (QED) is 0.406. The Morgan fingerprint density at radius 1 is 1.13 bits per heavy atom. The van der Waals surface area contributed by atoms with E-state index in [-0.39, 0.29) is 5.91 Å². The Balaban J connectivity index is 1.77. The number of guanidine groups is 1. The van der Waals surface area contributed by atoms with Gasteiger partial charge in [0.1, 0.15) is 0 Å². The molecule has 0 unspecified atom stereocenters. The highest BCUT2D eigenvalue weighted by molar-refractivity contribution is 9.10. The van der Waals surface area contributed by atoms with E-state index in [2.05, 4.69) is 50.5 Å². The number of nitrogens with one attached hydrogen (secondary N) is 2. The number of amides is 1. The standard InChI is InChI=1S/C23H26BrN5O/c1-4-29-17(3)21(16(2)28-29)13-14-25-23(26-20-12-8-11-19(24)15-20)27-22(30)18-9-6-5-7-10-18/h5-12,15H,4,13-14H2,1-3H3,(H2,25,26,27,30). The van der Waals surface area contributed by atoms with Crippen LogP contribution in [0.1, 0.15) is 34.2 Å². The zero-order valence-electron chi connectivity index (χ0n) is 17.4. The first-order valence-electron chi connectivity index (χ1n) is 9.94. The number of rotatable bonds is 6. The fourth-order valence-electron chi connectivity index (χ4n) is 3.27. The number of nitrogens with zero attached hydrogens (tertiary/aromatic N) is 3. The number of halogens is 1. The number of carbonyl (C=O) groups is 1. The summed E-state index contributed by atoms with van der Waals surface area (Å²) >= 11 is 3.47. The summed E-state index contributed by atoms with van der Waals surface area (Å²) < 4.78 is 2.95. The highest BCUT2D eigenvalue weighted by Gasteiger charge is 2.12. The molecule has 6 nitrogen and oxygen atoms in total. The number of hydrogen-bond acceptors (Lipinski definition) is 3. The van der Waals surface area contributed by atoms with Crippen LogP contribution in [0.25, 0.3) is 0 Å². The van der Waals surface area contributed by atoms with E-state index < -0.39 is 0 Å². The summed E-state index contributed by atoms with van der Waals surface area (Å²) in [5.41, 5.74) is 4.82. The second kappa shape index (κ2) is 10.2. The van der Waals surface area contributed by atoms with Crippen LogP contribution in [0.5, 0.6) is 0 Å². The van der Waals surface area contributed by atoms with E-state index in [1.54, 1.807) is 12.1 Å². The van der Waals surface area contributed by atoms with Gasteiger partial charge in [0, 0.05) is 34.5 Å². The van der Waals surface area contributed by atoms with Crippen molar-refractivity contribution in [3.05, 3.63) is 81.6 Å². The van der Waals surface area contributed by atoms with Crippen molar-refractivity contribution in [3.63, 3.8) is 0 Å². The van der Waals surface area contributed by atoms with Gasteiger partial charge in [0.25, 0.3) is 5.91 Å². The molecule has 0 aliphatic heterocycles. The average molecular weight is 468 g/mol. The van der Waals surface area contributed by atoms with Crippen LogP contribution in [0.15, 0.2) is 64.1 Å². The van der Waals surface area contributed by atoms with Gasteiger partial charge >= 0.3 is 0 Å². The molecule has 0 saturated carbocycles. The monoisotopic (exact) mass is 467 g/mol. The normalized spacial score (nSPS) is 11.4. The molecule has 2 aromatic carbocycles. The topological polar surface area (TPSA) is 71.3 Å². The molecular formula is C23H26BrN5O. The van der Waals surface area contributed by atoms with Crippen LogP contribution < -0.4 is 10.6 Å². The molecule has 0 saturated heterocycles. The summed E-state index contributed by atoms with van der Waals surface area (Å²) in [7, 11) is 0. The van der Waals surface area contributed by atoms with Gasteiger partial charge in [0.05, 0.1) is 5.69 Å². The molecule has 1 aromatic heterocycles. The minimum Gasteiger partial charge on any atom is -0.326 e. The van der Waals surface area contributed by atoms with Gasteiger partial charge in [-0.15, -0.1) is 0 Å². The van der Waals surface area contributed by atoms with E-state index >= 15 is 0 Å². The van der Waals surface area contributed by atoms with Crippen molar-refractivity contribution in [2.24, 2.45) is 4.99 Å². The zero-order valence-corrected chi connectivity index (χ0v) is 19.0. The van der Waals surface area contributed by atoms with E-state index in [0.717, 1.165) is 28.8 Å². The molecule has 0 aliphatic carbocycles. The van der Waals surface area contributed by atoms with Crippen LogP contribution >= 0.6 is 15.9 Å². The van der Waals surface area contributed by atoms with E-state index in [4.69, 9.17) is 0 Å². The highest BCUT2D eigenvalue weighted by atomic mass is 79.9.